The Hall–Kier alpha value is -6.64. The van der Waals surface area contributed by atoms with E-state index < -0.39 is 0 Å². The topological polar surface area (TPSA) is 9.34 Å². The molecule has 11 aromatic rings. The third kappa shape index (κ3) is 3.90. The zero-order chi connectivity index (χ0) is 32.8. The van der Waals surface area contributed by atoms with E-state index in [-0.39, 0.29) is 0 Å². The van der Waals surface area contributed by atoms with Crippen molar-refractivity contribution in [2.45, 2.75) is 0 Å². The van der Waals surface area contributed by atoms with Gasteiger partial charge in [0.05, 0.1) is 27.6 Å². The highest BCUT2D eigenvalue weighted by Crippen LogP contribution is 2.41. The molecule has 0 aliphatic heterocycles. The Labute approximate surface area is 289 Å². The SMILES string of the molecule is c1ccc(-c2ccc(-c3ccc4c(c3)c3cc(-c5ccc6c7cccc8c9ccccc9n(c6c5)c87)ccc3n4-c3ccccc3)cc2)cc1. The first-order valence-corrected chi connectivity index (χ1v) is 17.3. The van der Waals surface area contributed by atoms with Crippen LogP contribution in [0.5, 0.6) is 0 Å². The molecule has 50 heavy (non-hydrogen) atoms. The van der Waals surface area contributed by atoms with E-state index in [1.807, 2.05) is 0 Å². The Morgan fingerprint density at radius 1 is 0.260 bits per heavy atom. The molecular formula is C48H30N2. The molecule has 3 heterocycles. The summed E-state index contributed by atoms with van der Waals surface area (Å²) in [6.07, 6.45) is 0. The van der Waals surface area contributed by atoms with Gasteiger partial charge in [-0.1, -0.05) is 133 Å². The summed E-state index contributed by atoms with van der Waals surface area (Å²) in [5.41, 5.74) is 14.7. The van der Waals surface area contributed by atoms with Crippen LogP contribution in [-0.4, -0.2) is 8.97 Å². The lowest BCUT2D eigenvalue weighted by molar-refractivity contribution is 1.18. The molecule has 0 amide bonds. The maximum Gasteiger partial charge on any atom is 0.0620 e. The largest absolute Gasteiger partial charge is 0.309 e. The van der Waals surface area contributed by atoms with E-state index in [2.05, 4.69) is 191 Å². The van der Waals surface area contributed by atoms with Crippen molar-refractivity contribution in [2.24, 2.45) is 0 Å². The number of hydrogen-bond acceptors (Lipinski definition) is 0. The Balaban J connectivity index is 1.11. The fraction of sp³-hybridized carbons (Fsp3) is 0. The summed E-state index contributed by atoms with van der Waals surface area (Å²) >= 11 is 0. The molecule has 0 spiro atoms. The van der Waals surface area contributed by atoms with Gasteiger partial charge in [-0.05, 0) is 81.9 Å². The number of aromatic nitrogens is 2. The minimum Gasteiger partial charge on any atom is -0.309 e. The molecule has 0 radical (unpaired) electrons. The van der Waals surface area contributed by atoms with Crippen LogP contribution in [-0.2, 0) is 0 Å². The van der Waals surface area contributed by atoms with Crippen molar-refractivity contribution in [1.82, 2.24) is 8.97 Å². The first-order chi connectivity index (χ1) is 24.8. The number of fused-ring (bicyclic) bond motifs is 9. The van der Waals surface area contributed by atoms with Crippen molar-refractivity contribution in [1.29, 1.82) is 0 Å². The number of nitrogens with zero attached hydrogens (tertiary/aromatic N) is 2. The average Bonchev–Trinajstić information content (AvgIpc) is 3.83. The Morgan fingerprint density at radius 3 is 1.44 bits per heavy atom. The van der Waals surface area contributed by atoms with Crippen LogP contribution in [0.2, 0.25) is 0 Å². The van der Waals surface area contributed by atoms with Crippen molar-refractivity contribution >= 4 is 59.9 Å². The van der Waals surface area contributed by atoms with E-state index in [9.17, 15) is 0 Å². The molecule has 0 saturated heterocycles. The number of benzene rings is 8. The number of rotatable bonds is 4. The van der Waals surface area contributed by atoms with Gasteiger partial charge in [-0.15, -0.1) is 0 Å². The number of para-hydroxylation sites is 3. The molecule has 0 aliphatic carbocycles. The highest BCUT2D eigenvalue weighted by molar-refractivity contribution is 6.23. The molecule has 8 aromatic carbocycles. The predicted molar refractivity (Wildman–Crippen MR) is 212 cm³/mol. The minimum absolute atomic E-state index is 1.17. The zero-order valence-electron chi connectivity index (χ0n) is 27.2. The summed E-state index contributed by atoms with van der Waals surface area (Å²) in [6, 6.07) is 66.7. The second-order valence-electron chi connectivity index (χ2n) is 13.4. The molecular weight excluding hydrogens is 605 g/mol. The van der Waals surface area contributed by atoms with Crippen LogP contribution >= 0.6 is 0 Å². The second kappa shape index (κ2) is 10.4. The van der Waals surface area contributed by atoms with Gasteiger partial charge in [-0.2, -0.15) is 0 Å². The molecule has 0 bridgehead atoms. The van der Waals surface area contributed by atoms with Crippen LogP contribution in [0.25, 0.3) is 99.0 Å². The van der Waals surface area contributed by atoms with Gasteiger partial charge >= 0.3 is 0 Å². The van der Waals surface area contributed by atoms with Gasteiger partial charge in [0.15, 0.2) is 0 Å². The highest BCUT2D eigenvalue weighted by atomic mass is 15.0. The second-order valence-corrected chi connectivity index (χ2v) is 13.4. The van der Waals surface area contributed by atoms with Gasteiger partial charge in [0.1, 0.15) is 0 Å². The zero-order valence-corrected chi connectivity index (χ0v) is 27.2. The summed E-state index contributed by atoms with van der Waals surface area (Å²) in [7, 11) is 0. The molecule has 232 valence electrons. The van der Waals surface area contributed by atoms with Crippen LogP contribution < -0.4 is 0 Å². The van der Waals surface area contributed by atoms with Gasteiger partial charge in [0, 0.05) is 38.0 Å². The molecule has 0 atom stereocenters. The highest BCUT2D eigenvalue weighted by Gasteiger charge is 2.19. The van der Waals surface area contributed by atoms with E-state index in [1.54, 1.807) is 0 Å². The fourth-order valence-electron chi connectivity index (χ4n) is 8.33. The third-order valence-corrected chi connectivity index (χ3v) is 10.7. The normalized spacial score (nSPS) is 12.0. The minimum atomic E-state index is 1.17. The molecule has 2 nitrogen and oxygen atoms in total. The Morgan fingerprint density at radius 2 is 0.740 bits per heavy atom. The van der Waals surface area contributed by atoms with Gasteiger partial charge in [0.2, 0.25) is 0 Å². The molecule has 0 aliphatic rings. The van der Waals surface area contributed by atoms with E-state index in [0.717, 1.165) is 0 Å². The lowest BCUT2D eigenvalue weighted by Crippen LogP contribution is -1.93. The molecule has 2 heteroatoms. The lowest BCUT2D eigenvalue weighted by atomic mass is 9.98. The van der Waals surface area contributed by atoms with Gasteiger partial charge in [-0.3, -0.25) is 0 Å². The van der Waals surface area contributed by atoms with Gasteiger partial charge < -0.3 is 8.97 Å². The first kappa shape index (κ1) is 27.3. The van der Waals surface area contributed by atoms with Crippen molar-refractivity contribution < 1.29 is 0 Å². The third-order valence-electron chi connectivity index (χ3n) is 10.7. The monoisotopic (exact) mass is 634 g/mol. The maximum atomic E-state index is 2.47. The van der Waals surface area contributed by atoms with E-state index in [4.69, 9.17) is 0 Å². The molecule has 11 rings (SSSR count). The molecule has 0 N–H and O–H groups in total. The van der Waals surface area contributed by atoms with Crippen molar-refractivity contribution in [3.8, 4) is 39.1 Å². The van der Waals surface area contributed by atoms with Crippen LogP contribution in [0.4, 0.5) is 0 Å². The van der Waals surface area contributed by atoms with Gasteiger partial charge in [-0.25, -0.2) is 0 Å². The summed E-state index contributed by atoms with van der Waals surface area (Å²) in [4.78, 5) is 0. The Kier molecular flexibility index (Phi) is 5.70. The first-order valence-electron chi connectivity index (χ1n) is 17.3. The van der Waals surface area contributed by atoms with Crippen LogP contribution in [0.15, 0.2) is 182 Å². The molecule has 3 aromatic heterocycles. The summed E-state index contributed by atoms with van der Waals surface area (Å²) < 4.78 is 4.87. The summed E-state index contributed by atoms with van der Waals surface area (Å²) in [5.74, 6) is 0. The van der Waals surface area contributed by atoms with E-state index in [0.29, 0.717) is 0 Å². The Bertz CT molecular complexity index is 3050. The lowest BCUT2D eigenvalue weighted by Gasteiger charge is -2.09. The van der Waals surface area contributed by atoms with Gasteiger partial charge in [0.25, 0.3) is 0 Å². The van der Waals surface area contributed by atoms with Crippen LogP contribution in [0.1, 0.15) is 0 Å². The van der Waals surface area contributed by atoms with Crippen molar-refractivity contribution in [3.05, 3.63) is 182 Å². The number of hydrogen-bond donors (Lipinski definition) is 0. The molecule has 0 fully saturated rings. The summed E-state index contributed by atoms with van der Waals surface area (Å²) in [5, 5.41) is 7.73. The summed E-state index contributed by atoms with van der Waals surface area (Å²) in [6.45, 7) is 0. The smallest absolute Gasteiger partial charge is 0.0620 e. The quantitative estimate of drug-likeness (QED) is 0.182. The van der Waals surface area contributed by atoms with Crippen LogP contribution in [0, 0.1) is 0 Å². The van der Waals surface area contributed by atoms with Crippen molar-refractivity contribution in [3.63, 3.8) is 0 Å². The molecule has 0 saturated carbocycles. The fourth-order valence-corrected chi connectivity index (χ4v) is 8.33. The van der Waals surface area contributed by atoms with Crippen LogP contribution in [0.3, 0.4) is 0 Å². The van der Waals surface area contributed by atoms with Crippen molar-refractivity contribution in [2.75, 3.05) is 0 Å². The van der Waals surface area contributed by atoms with E-state index >= 15 is 0 Å². The average molecular weight is 635 g/mol. The standard InChI is InChI=1S/C48H30N2/c1-3-10-31(11-4-1)32-18-20-33(21-19-32)34-23-26-45-42(28-34)43-29-35(24-27-46(43)49(45)37-12-5-2-6-13-37)36-22-25-39-41-16-9-15-40-38-14-7-8-17-44(38)50(48(40)41)47(39)30-36/h1-30H. The maximum absolute atomic E-state index is 2.47. The predicted octanol–water partition coefficient (Wildman–Crippen LogP) is 12.9. The van der Waals surface area contributed by atoms with E-state index in [1.165, 1.54) is 99.0 Å². The molecule has 0 unspecified atom stereocenters.